The predicted octanol–water partition coefficient (Wildman–Crippen LogP) is 4.19. The van der Waals surface area contributed by atoms with Crippen LogP contribution in [0.4, 0.5) is 0 Å². The molecule has 2 aromatic rings. The van der Waals surface area contributed by atoms with Crippen LogP contribution >= 0.6 is 0 Å². The predicted molar refractivity (Wildman–Crippen MR) is 128 cm³/mol. The van der Waals surface area contributed by atoms with Crippen LogP contribution in [0.5, 0.6) is 0 Å². The Kier molecular flexibility index (Phi) is 7.94. The Labute approximate surface area is 187 Å². The SMILES string of the molecule is CN=C(NCC1CCC(c2ccccc2)CC1)NC1CCN(Cc2ccccn2)CC1. The van der Waals surface area contributed by atoms with E-state index < -0.39 is 0 Å². The van der Waals surface area contributed by atoms with Crippen LogP contribution in [0.15, 0.2) is 59.7 Å². The highest BCUT2D eigenvalue weighted by Gasteiger charge is 2.23. The number of pyridine rings is 1. The van der Waals surface area contributed by atoms with Crippen LogP contribution in [0.3, 0.4) is 0 Å². The highest BCUT2D eigenvalue weighted by molar-refractivity contribution is 5.79. The van der Waals surface area contributed by atoms with E-state index in [1.807, 2.05) is 19.3 Å². The first-order valence-electron chi connectivity index (χ1n) is 11.9. The van der Waals surface area contributed by atoms with Gasteiger partial charge in [-0.25, -0.2) is 0 Å². The molecule has 0 amide bonds. The number of likely N-dealkylation sites (tertiary alicyclic amines) is 1. The van der Waals surface area contributed by atoms with Crippen molar-refractivity contribution in [1.29, 1.82) is 0 Å². The number of hydrogen-bond donors (Lipinski definition) is 2. The van der Waals surface area contributed by atoms with Gasteiger partial charge in [0.05, 0.1) is 5.69 Å². The normalized spacial score (nSPS) is 23.5. The van der Waals surface area contributed by atoms with Gasteiger partial charge in [0.2, 0.25) is 0 Å². The summed E-state index contributed by atoms with van der Waals surface area (Å²) in [5, 5.41) is 7.27. The molecule has 166 valence electrons. The second-order valence-corrected chi connectivity index (χ2v) is 9.10. The third kappa shape index (κ3) is 6.54. The van der Waals surface area contributed by atoms with Crippen molar-refractivity contribution in [2.75, 3.05) is 26.7 Å². The Balaban J connectivity index is 1.15. The van der Waals surface area contributed by atoms with Crippen molar-refractivity contribution in [1.82, 2.24) is 20.5 Å². The number of nitrogens with one attached hydrogen (secondary N) is 2. The molecule has 2 fully saturated rings. The smallest absolute Gasteiger partial charge is 0.191 e. The van der Waals surface area contributed by atoms with Crippen molar-refractivity contribution < 1.29 is 0 Å². The molecule has 1 aromatic carbocycles. The molecule has 5 heteroatoms. The zero-order chi connectivity index (χ0) is 21.3. The Morgan fingerprint density at radius 1 is 0.968 bits per heavy atom. The summed E-state index contributed by atoms with van der Waals surface area (Å²) < 4.78 is 0. The van der Waals surface area contributed by atoms with Gasteiger partial charge in [-0.15, -0.1) is 0 Å². The van der Waals surface area contributed by atoms with E-state index in [0.717, 1.165) is 62.5 Å². The zero-order valence-corrected chi connectivity index (χ0v) is 18.8. The number of piperidine rings is 1. The lowest BCUT2D eigenvalue weighted by molar-refractivity contribution is 0.196. The highest BCUT2D eigenvalue weighted by Crippen LogP contribution is 2.35. The molecule has 1 aliphatic carbocycles. The van der Waals surface area contributed by atoms with Gasteiger partial charge in [0.1, 0.15) is 0 Å². The van der Waals surface area contributed by atoms with Gasteiger partial charge in [0.15, 0.2) is 5.96 Å². The van der Waals surface area contributed by atoms with E-state index in [-0.39, 0.29) is 0 Å². The number of aromatic nitrogens is 1. The van der Waals surface area contributed by atoms with Crippen LogP contribution in [0.1, 0.15) is 55.7 Å². The largest absolute Gasteiger partial charge is 0.356 e. The summed E-state index contributed by atoms with van der Waals surface area (Å²) in [4.78, 5) is 11.4. The van der Waals surface area contributed by atoms with Gasteiger partial charge >= 0.3 is 0 Å². The second-order valence-electron chi connectivity index (χ2n) is 9.10. The number of aliphatic imine (C=N–C) groups is 1. The summed E-state index contributed by atoms with van der Waals surface area (Å²) in [5.74, 6) is 2.46. The third-order valence-corrected chi connectivity index (χ3v) is 6.94. The van der Waals surface area contributed by atoms with Crippen molar-refractivity contribution in [3.8, 4) is 0 Å². The molecule has 2 heterocycles. The van der Waals surface area contributed by atoms with E-state index in [4.69, 9.17) is 0 Å². The van der Waals surface area contributed by atoms with Crippen LogP contribution in [-0.4, -0.2) is 48.6 Å². The molecule has 1 saturated carbocycles. The van der Waals surface area contributed by atoms with Crippen molar-refractivity contribution in [2.24, 2.45) is 10.9 Å². The Bertz CT molecular complexity index is 791. The number of hydrogen-bond acceptors (Lipinski definition) is 3. The maximum Gasteiger partial charge on any atom is 0.191 e. The molecule has 2 N–H and O–H groups in total. The van der Waals surface area contributed by atoms with Gasteiger partial charge in [0, 0.05) is 45.5 Å². The van der Waals surface area contributed by atoms with Crippen molar-refractivity contribution in [2.45, 2.75) is 57.0 Å². The Hall–Kier alpha value is -2.40. The third-order valence-electron chi connectivity index (χ3n) is 6.94. The van der Waals surface area contributed by atoms with Crippen LogP contribution < -0.4 is 10.6 Å². The second kappa shape index (κ2) is 11.3. The average molecular weight is 420 g/mol. The Morgan fingerprint density at radius 2 is 1.71 bits per heavy atom. The molecule has 5 nitrogen and oxygen atoms in total. The van der Waals surface area contributed by atoms with E-state index in [9.17, 15) is 0 Å². The average Bonchev–Trinajstić information content (AvgIpc) is 2.84. The van der Waals surface area contributed by atoms with Crippen molar-refractivity contribution >= 4 is 5.96 Å². The standard InChI is InChI=1S/C26H37N5/c1-27-26(29-19-21-10-12-23(13-11-21)22-7-3-2-4-8-22)30-24-14-17-31(18-15-24)20-25-9-5-6-16-28-25/h2-9,16,21,23-24H,10-15,17-20H2,1H3,(H2,27,29,30). The summed E-state index contributed by atoms with van der Waals surface area (Å²) in [6.07, 6.45) is 9.39. The lowest BCUT2D eigenvalue weighted by Crippen LogP contribution is -2.49. The molecule has 4 rings (SSSR count). The summed E-state index contributed by atoms with van der Waals surface area (Å²) in [6.45, 7) is 4.19. The van der Waals surface area contributed by atoms with Gasteiger partial charge in [-0.3, -0.25) is 14.9 Å². The molecular weight excluding hydrogens is 382 g/mol. The molecule has 1 aliphatic heterocycles. The Morgan fingerprint density at radius 3 is 2.39 bits per heavy atom. The van der Waals surface area contributed by atoms with Gasteiger partial charge in [-0.1, -0.05) is 36.4 Å². The maximum atomic E-state index is 4.49. The summed E-state index contributed by atoms with van der Waals surface area (Å²) in [7, 11) is 1.89. The monoisotopic (exact) mass is 419 g/mol. The van der Waals surface area contributed by atoms with Gasteiger partial charge in [0.25, 0.3) is 0 Å². The first-order chi connectivity index (χ1) is 15.3. The van der Waals surface area contributed by atoms with Crippen LogP contribution in [-0.2, 0) is 6.54 Å². The molecular formula is C26H37N5. The fourth-order valence-corrected chi connectivity index (χ4v) is 5.01. The maximum absolute atomic E-state index is 4.49. The molecule has 31 heavy (non-hydrogen) atoms. The molecule has 0 unspecified atom stereocenters. The quantitative estimate of drug-likeness (QED) is 0.545. The summed E-state index contributed by atoms with van der Waals surface area (Å²) >= 11 is 0. The topological polar surface area (TPSA) is 52.6 Å². The van der Waals surface area contributed by atoms with Crippen LogP contribution in [0, 0.1) is 5.92 Å². The molecule has 1 aromatic heterocycles. The minimum atomic E-state index is 0.500. The fraction of sp³-hybridized carbons (Fsp3) is 0.538. The van der Waals surface area contributed by atoms with Crippen LogP contribution in [0.2, 0.25) is 0 Å². The molecule has 0 atom stereocenters. The van der Waals surface area contributed by atoms with E-state index in [1.54, 1.807) is 0 Å². The number of guanidine groups is 1. The molecule has 0 radical (unpaired) electrons. The minimum Gasteiger partial charge on any atom is -0.356 e. The lowest BCUT2D eigenvalue weighted by Gasteiger charge is -2.33. The summed E-state index contributed by atoms with van der Waals surface area (Å²) in [5.41, 5.74) is 2.68. The van der Waals surface area contributed by atoms with Crippen molar-refractivity contribution in [3.63, 3.8) is 0 Å². The zero-order valence-electron chi connectivity index (χ0n) is 18.8. The van der Waals surface area contributed by atoms with Gasteiger partial charge < -0.3 is 10.6 Å². The number of rotatable bonds is 6. The van der Waals surface area contributed by atoms with E-state index in [0.29, 0.717) is 6.04 Å². The first-order valence-corrected chi connectivity index (χ1v) is 11.9. The van der Waals surface area contributed by atoms with E-state index >= 15 is 0 Å². The van der Waals surface area contributed by atoms with E-state index in [2.05, 4.69) is 68.0 Å². The number of nitrogens with zero attached hydrogens (tertiary/aromatic N) is 3. The fourth-order valence-electron chi connectivity index (χ4n) is 5.01. The molecule has 0 spiro atoms. The molecule has 2 aliphatic rings. The van der Waals surface area contributed by atoms with Gasteiger partial charge in [-0.2, -0.15) is 0 Å². The minimum absolute atomic E-state index is 0.500. The highest BCUT2D eigenvalue weighted by atomic mass is 15.2. The van der Waals surface area contributed by atoms with Crippen LogP contribution in [0.25, 0.3) is 0 Å². The van der Waals surface area contributed by atoms with Crippen molar-refractivity contribution in [3.05, 3.63) is 66.0 Å². The molecule has 1 saturated heterocycles. The first kappa shape index (κ1) is 21.8. The van der Waals surface area contributed by atoms with E-state index in [1.165, 1.54) is 31.2 Å². The lowest BCUT2D eigenvalue weighted by atomic mass is 9.79. The van der Waals surface area contributed by atoms with Gasteiger partial charge in [-0.05, 0) is 68.1 Å². The molecule has 0 bridgehead atoms. The summed E-state index contributed by atoms with van der Waals surface area (Å²) in [6, 6.07) is 17.7. The number of benzene rings is 1.